The van der Waals surface area contributed by atoms with Gasteiger partial charge in [-0.3, -0.25) is 4.18 Å². The van der Waals surface area contributed by atoms with Crippen LogP contribution in [0.25, 0.3) is 0 Å². The molecule has 0 spiro atoms. The number of ether oxygens (including phenoxy) is 2. The van der Waals surface area contributed by atoms with E-state index in [4.69, 9.17) is 0 Å². The van der Waals surface area contributed by atoms with Crippen LogP contribution in [0, 0.1) is 0 Å². The minimum absolute atomic E-state index is 0.128. The molecule has 0 aromatic heterocycles. The van der Waals surface area contributed by atoms with E-state index in [0.29, 0.717) is 0 Å². The van der Waals surface area contributed by atoms with Crippen molar-refractivity contribution in [1.29, 1.82) is 0 Å². The van der Waals surface area contributed by atoms with Crippen LogP contribution in [0.4, 0.5) is 4.79 Å². The fourth-order valence-corrected chi connectivity index (χ4v) is 1.83. The fraction of sp³-hybridized carbons (Fsp3) is 0.800. The standard InChI is InChI=1S/C5H8O6S/c1-9-5(6)11-4-2-10-12(7,8)3-4/h4H,2-3H2,1H3. The van der Waals surface area contributed by atoms with E-state index < -0.39 is 22.4 Å². The van der Waals surface area contributed by atoms with E-state index in [2.05, 4.69) is 13.7 Å². The molecule has 1 aliphatic rings. The molecule has 0 aromatic carbocycles. The minimum atomic E-state index is -3.48. The van der Waals surface area contributed by atoms with Crippen LogP contribution in [0.1, 0.15) is 0 Å². The lowest BCUT2D eigenvalue weighted by atomic mass is 10.4. The number of methoxy groups -OCH3 is 1. The van der Waals surface area contributed by atoms with Crippen molar-refractivity contribution in [2.75, 3.05) is 19.5 Å². The van der Waals surface area contributed by atoms with Gasteiger partial charge in [0.25, 0.3) is 10.1 Å². The maximum absolute atomic E-state index is 10.7. The topological polar surface area (TPSA) is 78.9 Å². The van der Waals surface area contributed by atoms with Crippen molar-refractivity contribution in [3.63, 3.8) is 0 Å². The zero-order valence-electron chi connectivity index (χ0n) is 6.35. The number of hydrogen-bond acceptors (Lipinski definition) is 6. The van der Waals surface area contributed by atoms with Gasteiger partial charge in [0, 0.05) is 0 Å². The van der Waals surface area contributed by atoms with Crippen molar-refractivity contribution in [3.05, 3.63) is 0 Å². The SMILES string of the molecule is COC(=O)OC1COS(=O)(=O)C1. The van der Waals surface area contributed by atoms with Crippen LogP contribution in [0.2, 0.25) is 0 Å². The van der Waals surface area contributed by atoms with E-state index in [9.17, 15) is 13.2 Å². The first-order valence-corrected chi connectivity index (χ1v) is 4.73. The van der Waals surface area contributed by atoms with Gasteiger partial charge in [0.05, 0.1) is 7.11 Å². The Hall–Kier alpha value is -0.820. The molecule has 0 radical (unpaired) electrons. The minimum Gasteiger partial charge on any atom is -0.438 e. The first-order valence-electron chi connectivity index (χ1n) is 3.15. The molecule has 1 rings (SSSR count). The molecule has 1 unspecified atom stereocenters. The summed E-state index contributed by atoms with van der Waals surface area (Å²) in [5, 5.41) is 0. The average molecular weight is 196 g/mol. The second kappa shape index (κ2) is 3.28. The highest BCUT2D eigenvalue weighted by molar-refractivity contribution is 7.87. The van der Waals surface area contributed by atoms with Crippen molar-refractivity contribution in [2.24, 2.45) is 0 Å². The molecule has 0 N–H and O–H groups in total. The average Bonchev–Trinajstić information content (AvgIpc) is 2.30. The highest BCUT2D eigenvalue weighted by Gasteiger charge is 2.32. The van der Waals surface area contributed by atoms with Crippen molar-refractivity contribution in [1.82, 2.24) is 0 Å². The number of carbonyl (C=O) groups excluding carboxylic acids is 1. The van der Waals surface area contributed by atoms with Gasteiger partial charge in [0.15, 0.2) is 0 Å². The molecule has 12 heavy (non-hydrogen) atoms. The molecule has 1 saturated heterocycles. The second-order valence-electron chi connectivity index (χ2n) is 2.20. The molecule has 1 aliphatic heterocycles. The summed E-state index contributed by atoms with van der Waals surface area (Å²) < 4.78 is 34.4. The van der Waals surface area contributed by atoms with E-state index in [1.54, 1.807) is 0 Å². The Morgan fingerprint density at radius 2 is 2.25 bits per heavy atom. The van der Waals surface area contributed by atoms with Crippen LogP contribution in [-0.2, 0) is 23.8 Å². The molecule has 70 valence electrons. The van der Waals surface area contributed by atoms with Crippen molar-refractivity contribution in [3.8, 4) is 0 Å². The highest BCUT2D eigenvalue weighted by atomic mass is 32.2. The molecule has 1 heterocycles. The number of hydrogen-bond donors (Lipinski definition) is 0. The van der Waals surface area contributed by atoms with E-state index in [1.807, 2.05) is 0 Å². The molecule has 0 aliphatic carbocycles. The summed E-state index contributed by atoms with van der Waals surface area (Å²) in [5.41, 5.74) is 0. The summed E-state index contributed by atoms with van der Waals surface area (Å²) in [6.45, 7) is -0.128. The lowest BCUT2D eigenvalue weighted by Crippen LogP contribution is -2.21. The lowest BCUT2D eigenvalue weighted by Gasteiger charge is -2.05. The summed E-state index contributed by atoms with van der Waals surface area (Å²) in [4.78, 5) is 10.5. The molecule has 0 aromatic rings. The Balaban J connectivity index is 2.43. The van der Waals surface area contributed by atoms with Crippen molar-refractivity contribution >= 4 is 16.3 Å². The normalized spacial score (nSPS) is 26.6. The van der Waals surface area contributed by atoms with Gasteiger partial charge in [-0.05, 0) is 0 Å². The third kappa shape index (κ3) is 2.35. The Morgan fingerprint density at radius 3 is 2.67 bits per heavy atom. The molecule has 1 fully saturated rings. The van der Waals surface area contributed by atoms with Crippen molar-refractivity contribution < 1.29 is 26.9 Å². The quantitative estimate of drug-likeness (QED) is 0.415. The summed E-state index contributed by atoms with van der Waals surface area (Å²) in [7, 11) is -2.34. The van der Waals surface area contributed by atoms with E-state index in [1.165, 1.54) is 0 Å². The zero-order valence-corrected chi connectivity index (χ0v) is 7.17. The van der Waals surface area contributed by atoms with Gasteiger partial charge in [-0.15, -0.1) is 0 Å². The van der Waals surface area contributed by atoms with Gasteiger partial charge in [-0.1, -0.05) is 0 Å². The fourth-order valence-electron chi connectivity index (χ4n) is 0.756. The molecular formula is C5H8O6S. The predicted molar refractivity (Wildman–Crippen MR) is 37.0 cm³/mol. The summed E-state index contributed by atoms with van der Waals surface area (Å²) in [6.07, 6.45) is -1.65. The predicted octanol–water partition coefficient (Wildman–Crippen LogP) is -0.502. The van der Waals surface area contributed by atoms with Gasteiger partial charge in [0.1, 0.15) is 18.5 Å². The lowest BCUT2D eigenvalue weighted by molar-refractivity contribution is 0.0369. The molecule has 7 heteroatoms. The van der Waals surface area contributed by atoms with Gasteiger partial charge >= 0.3 is 6.16 Å². The van der Waals surface area contributed by atoms with Crippen LogP contribution in [-0.4, -0.2) is 40.1 Å². The maximum atomic E-state index is 10.7. The van der Waals surface area contributed by atoms with E-state index in [0.717, 1.165) is 7.11 Å². The zero-order chi connectivity index (χ0) is 9.19. The van der Waals surface area contributed by atoms with Crippen LogP contribution < -0.4 is 0 Å². The van der Waals surface area contributed by atoms with Gasteiger partial charge < -0.3 is 9.47 Å². The van der Waals surface area contributed by atoms with Crippen LogP contribution >= 0.6 is 0 Å². The molecular weight excluding hydrogens is 188 g/mol. The van der Waals surface area contributed by atoms with Crippen LogP contribution in [0.3, 0.4) is 0 Å². The van der Waals surface area contributed by atoms with Gasteiger partial charge in [-0.25, -0.2) is 4.79 Å². The molecule has 0 amide bonds. The van der Waals surface area contributed by atoms with Crippen LogP contribution in [0.5, 0.6) is 0 Å². The second-order valence-corrected chi connectivity index (χ2v) is 3.89. The first kappa shape index (κ1) is 9.27. The van der Waals surface area contributed by atoms with Gasteiger partial charge in [-0.2, -0.15) is 8.42 Å². The molecule has 1 atom stereocenters. The summed E-state index contributed by atoms with van der Waals surface area (Å²) >= 11 is 0. The maximum Gasteiger partial charge on any atom is 0.508 e. The third-order valence-electron chi connectivity index (χ3n) is 1.25. The Morgan fingerprint density at radius 1 is 1.58 bits per heavy atom. The van der Waals surface area contributed by atoms with E-state index in [-0.39, 0.29) is 12.4 Å². The number of carbonyl (C=O) groups is 1. The Labute approximate surface area is 69.5 Å². The largest absolute Gasteiger partial charge is 0.508 e. The Kier molecular flexibility index (Phi) is 2.53. The Bertz CT molecular complexity index is 268. The molecule has 6 nitrogen and oxygen atoms in total. The van der Waals surface area contributed by atoms with Crippen molar-refractivity contribution in [2.45, 2.75) is 6.10 Å². The summed E-state index contributed by atoms with van der Waals surface area (Å²) in [6, 6.07) is 0. The van der Waals surface area contributed by atoms with Gasteiger partial charge in [0.2, 0.25) is 0 Å². The first-order chi connectivity index (χ1) is 5.53. The summed E-state index contributed by atoms with van der Waals surface area (Å²) in [5.74, 6) is -0.303. The highest BCUT2D eigenvalue weighted by Crippen LogP contribution is 2.11. The monoisotopic (exact) mass is 196 g/mol. The number of rotatable bonds is 1. The van der Waals surface area contributed by atoms with E-state index >= 15 is 0 Å². The smallest absolute Gasteiger partial charge is 0.438 e. The molecule has 0 bridgehead atoms. The third-order valence-corrected chi connectivity index (χ3v) is 2.53. The van der Waals surface area contributed by atoms with Crippen LogP contribution in [0.15, 0.2) is 0 Å². The molecule has 0 saturated carbocycles.